The molecule has 3 rings (SSSR count). The lowest BCUT2D eigenvalue weighted by Crippen LogP contribution is -2.36. The van der Waals surface area contributed by atoms with Gasteiger partial charge in [-0.2, -0.15) is 0 Å². The van der Waals surface area contributed by atoms with Crippen LogP contribution in [0.2, 0.25) is 0 Å². The number of rotatable bonds is 4. The fourth-order valence-electron chi connectivity index (χ4n) is 3.96. The summed E-state index contributed by atoms with van der Waals surface area (Å²) >= 11 is 1.99. The van der Waals surface area contributed by atoms with E-state index in [-0.39, 0.29) is 0 Å². The summed E-state index contributed by atoms with van der Waals surface area (Å²) < 4.78 is 0. The summed E-state index contributed by atoms with van der Waals surface area (Å²) in [6, 6.07) is 3.15. The van der Waals surface area contributed by atoms with Crippen molar-refractivity contribution in [2.75, 3.05) is 6.54 Å². The Hall–Kier alpha value is -0.340. The SMILES string of the molecule is Cc1ccsc1C1CC(C(C)(C)C)CCC1CNC1CC1. The van der Waals surface area contributed by atoms with Crippen molar-refractivity contribution in [2.45, 2.75) is 71.8 Å². The van der Waals surface area contributed by atoms with Gasteiger partial charge in [0.1, 0.15) is 0 Å². The fourth-order valence-corrected chi connectivity index (χ4v) is 5.09. The molecule has 0 bridgehead atoms. The molecule has 1 nitrogen and oxygen atoms in total. The molecule has 0 radical (unpaired) electrons. The first-order valence-electron chi connectivity index (χ1n) is 8.72. The van der Waals surface area contributed by atoms with Crippen LogP contribution < -0.4 is 5.32 Å². The lowest BCUT2D eigenvalue weighted by Gasteiger charge is -2.42. The summed E-state index contributed by atoms with van der Waals surface area (Å²) in [6.07, 6.45) is 7.02. The molecule has 2 heteroatoms. The third-order valence-electron chi connectivity index (χ3n) is 5.70. The molecule has 2 aliphatic carbocycles. The van der Waals surface area contributed by atoms with Crippen LogP contribution in [0.3, 0.4) is 0 Å². The van der Waals surface area contributed by atoms with E-state index in [1.165, 1.54) is 44.2 Å². The lowest BCUT2D eigenvalue weighted by molar-refractivity contribution is 0.130. The summed E-state index contributed by atoms with van der Waals surface area (Å²) in [5.74, 6) is 2.51. The zero-order valence-corrected chi connectivity index (χ0v) is 14.9. The Labute approximate surface area is 134 Å². The zero-order valence-electron chi connectivity index (χ0n) is 14.1. The Balaban J connectivity index is 1.74. The average molecular weight is 306 g/mol. The topological polar surface area (TPSA) is 12.0 Å². The normalized spacial score (nSPS) is 30.6. The second kappa shape index (κ2) is 6.04. The molecule has 0 saturated heterocycles. The first-order valence-corrected chi connectivity index (χ1v) is 9.60. The maximum Gasteiger partial charge on any atom is 0.0109 e. The molecular weight excluding hydrogens is 274 g/mol. The third kappa shape index (κ3) is 3.71. The molecule has 3 atom stereocenters. The molecule has 118 valence electrons. The van der Waals surface area contributed by atoms with Crippen molar-refractivity contribution < 1.29 is 0 Å². The maximum atomic E-state index is 3.80. The molecule has 2 saturated carbocycles. The van der Waals surface area contributed by atoms with Gasteiger partial charge in [-0.25, -0.2) is 0 Å². The van der Waals surface area contributed by atoms with Gasteiger partial charge in [-0.05, 0) is 85.8 Å². The van der Waals surface area contributed by atoms with Gasteiger partial charge in [-0.3, -0.25) is 0 Å². The monoisotopic (exact) mass is 305 g/mol. The van der Waals surface area contributed by atoms with Gasteiger partial charge in [0.05, 0.1) is 0 Å². The maximum absolute atomic E-state index is 3.80. The van der Waals surface area contributed by atoms with Crippen LogP contribution in [0.5, 0.6) is 0 Å². The Kier molecular flexibility index (Phi) is 4.47. The highest BCUT2D eigenvalue weighted by atomic mass is 32.1. The molecule has 21 heavy (non-hydrogen) atoms. The van der Waals surface area contributed by atoms with Crippen LogP contribution in [0.4, 0.5) is 0 Å². The number of hydrogen-bond acceptors (Lipinski definition) is 2. The summed E-state index contributed by atoms with van der Waals surface area (Å²) in [4.78, 5) is 1.67. The van der Waals surface area contributed by atoms with E-state index in [4.69, 9.17) is 0 Å². The molecule has 0 amide bonds. The van der Waals surface area contributed by atoms with Crippen molar-refractivity contribution >= 4 is 11.3 Å². The Morgan fingerprint density at radius 3 is 2.52 bits per heavy atom. The Bertz CT molecular complexity index is 466. The minimum absolute atomic E-state index is 0.457. The van der Waals surface area contributed by atoms with Gasteiger partial charge in [0, 0.05) is 10.9 Å². The van der Waals surface area contributed by atoms with Crippen molar-refractivity contribution in [3.8, 4) is 0 Å². The summed E-state index contributed by atoms with van der Waals surface area (Å²) in [7, 11) is 0. The number of aryl methyl sites for hydroxylation is 1. The predicted octanol–water partition coefficient (Wildman–Crippen LogP) is 5.35. The highest BCUT2D eigenvalue weighted by Crippen LogP contribution is 2.48. The van der Waals surface area contributed by atoms with E-state index in [2.05, 4.69) is 44.5 Å². The molecule has 1 N–H and O–H groups in total. The van der Waals surface area contributed by atoms with Crippen molar-refractivity contribution in [3.05, 3.63) is 21.9 Å². The highest BCUT2D eigenvalue weighted by molar-refractivity contribution is 7.10. The van der Waals surface area contributed by atoms with Crippen LogP contribution in [0.15, 0.2) is 11.4 Å². The highest BCUT2D eigenvalue weighted by Gasteiger charge is 2.38. The quantitative estimate of drug-likeness (QED) is 0.790. The minimum Gasteiger partial charge on any atom is -0.314 e. The largest absolute Gasteiger partial charge is 0.314 e. The van der Waals surface area contributed by atoms with E-state index < -0.39 is 0 Å². The molecule has 0 aromatic carbocycles. The standard InChI is InChI=1S/C19H31NS/c1-13-9-10-21-18(13)17-11-15(19(2,3)4)6-5-14(17)12-20-16-7-8-16/h9-10,14-17,20H,5-8,11-12H2,1-4H3. The Morgan fingerprint density at radius 1 is 1.19 bits per heavy atom. The predicted molar refractivity (Wildman–Crippen MR) is 93.1 cm³/mol. The lowest BCUT2D eigenvalue weighted by atomic mass is 9.65. The van der Waals surface area contributed by atoms with Gasteiger partial charge in [0.25, 0.3) is 0 Å². The molecule has 2 aliphatic rings. The number of nitrogens with one attached hydrogen (secondary N) is 1. The first-order chi connectivity index (χ1) is 9.95. The van der Waals surface area contributed by atoms with E-state index in [9.17, 15) is 0 Å². The Morgan fingerprint density at radius 2 is 1.95 bits per heavy atom. The molecule has 1 heterocycles. The minimum atomic E-state index is 0.457. The summed E-state index contributed by atoms with van der Waals surface area (Å²) in [5.41, 5.74) is 1.98. The molecule has 0 spiro atoms. The third-order valence-corrected chi connectivity index (χ3v) is 6.85. The van der Waals surface area contributed by atoms with Crippen LogP contribution in [-0.2, 0) is 0 Å². The van der Waals surface area contributed by atoms with Gasteiger partial charge >= 0.3 is 0 Å². The number of hydrogen-bond donors (Lipinski definition) is 1. The van der Waals surface area contributed by atoms with Crippen molar-refractivity contribution in [3.63, 3.8) is 0 Å². The average Bonchev–Trinajstić information content (AvgIpc) is 3.16. The summed E-state index contributed by atoms with van der Waals surface area (Å²) in [6.45, 7) is 10.8. The van der Waals surface area contributed by atoms with Gasteiger partial charge < -0.3 is 5.32 Å². The fraction of sp³-hybridized carbons (Fsp3) is 0.789. The van der Waals surface area contributed by atoms with Crippen LogP contribution in [0.1, 0.15) is 69.2 Å². The van der Waals surface area contributed by atoms with Crippen LogP contribution in [0, 0.1) is 24.2 Å². The zero-order chi connectivity index (χ0) is 15.0. The van der Waals surface area contributed by atoms with Gasteiger partial charge in [0.2, 0.25) is 0 Å². The van der Waals surface area contributed by atoms with Gasteiger partial charge in [0.15, 0.2) is 0 Å². The molecule has 3 unspecified atom stereocenters. The van der Waals surface area contributed by atoms with E-state index >= 15 is 0 Å². The van der Waals surface area contributed by atoms with Crippen LogP contribution in [-0.4, -0.2) is 12.6 Å². The molecular formula is C19H31NS. The summed E-state index contributed by atoms with van der Waals surface area (Å²) in [5, 5.41) is 6.08. The van der Waals surface area contributed by atoms with Crippen molar-refractivity contribution in [2.24, 2.45) is 17.3 Å². The second-order valence-corrected chi connectivity index (χ2v) is 9.34. The van der Waals surface area contributed by atoms with E-state index in [1.807, 2.05) is 11.3 Å². The van der Waals surface area contributed by atoms with Gasteiger partial charge in [-0.1, -0.05) is 20.8 Å². The van der Waals surface area contributed by atoms with Crippen LogP contribution in [0.25, 0.3) is 0 Å². The second-order valence-electron chi connectivity index (χ2n) is 8.39. The first kappa shape index (κ1) is 15.6. The van der Waals surface area contributed by atoms with Gasteiger partial charge in [-0.15, -0.1) is 11.3 Å². The van der Waals surface area contributed by atoms with E-state index in [1.54, 1.807) is 4.88 Å². The van der Waals surface area contributed by atoms with E-state index in [0.29, 0.717) is 5.41 Å². The van der Waals surface area contributed by atoms with E-state index in [0.717, 1.165) is 23.8 Å². The molecule has 1 aromatic heterocycles. The number of thiophene rings is 1. The van der Waals surface area contributed by atoms with Crippen molar-refractivity contribution in [1.29, 1.82) is 0 Å². The smallest absolute Gasteiger partial charge is 0.0109 e. The molecule has 0 aliphatic heterocycles. The molecule has 2 fully saturated rings. The molecule has 1 aromatic rings. The van der Waals surface area contributed by atoms with Crippen LogP contribution >= 0.6 is 11.3 Å². The van der Waals surface area contributed by atoms with Crippen molar-refractivity contribution in [1.82, 2.24) is 5.32 Å².